The fourth-order valence-electron chi connectivity index (χ4n) is 4.13. The number of hydrogen-bond acceptors (Lipinski definition) is 5. The van der Waals surface area contributed by atoms with Gasteiger partial charge in [-0.1, -0.05) is 23.4 Å². The maximum Gasteiger partial charge on any atom is 0.287 e. The lowest BCUT2D eigenvalue weighted by molar-refractivity contribution is -0.0958. The van der Waals surface area contributed by atoms with Gasteiger partial charge in [0.05, 0.1) is 5.41 Å². The fraction of sp³-hybridized carbons (Fsp3) is 0.333. The Labute approximate surface area is 153 Å². The van der Waals surface area contributed by atoms with Crippen molar-refractivity contribution in [3.8, 4) is 0 Å². The first-order valence-corrected chi connectivity index (χ1v) is 9.64. The maximum atomic E-state index is 12.4. The van der Waals surface area contributed by atoms with E-state index in [1.807, 2.05) is 24.5 Å². The molecule has 3 saturated carbocycles. The monoisotopic (exact) mass is 374 g/mol. The van der Waals surface area contributed by atoms with E-state index in [9.17, 15) is 4.79 Å². The molecule has 1 amide bonds. The average Bonchev–Trinajstić information content (AvgIpc) is 3.15. The normalized spacial score (nSPS) is 27.0. The molecule has 2 heterocycles. The molecule has 0 spiro atoms. The number of nitrogens with one attached hydrogen (secondary N) is 1. The first-order chi connectivity index (χ1) is 12.0. The Kier molecular flexibility index (Phi) is 3.10. The van der Waals surface area contributed by atoms with Crippen LogP contribution in [0.2, 0.25) is 5.02 Å². The molecule has 25 heavy (non-hydrogen) atoms. The highest BCUT2D eigenvalue weighted by atomic mass is 35.5. The summed E-state index contributed by atoms with van der Waals surface area (Å²) in [4.78, 5) is 17.0. The van der Waals surface area contributed by atoms with Crippen LogP contribution in [0, 0.1) is 0 Å². The zero-order valence-corrected chi connectivity index (χ0v) is 15.0. The Morgan fingerprint density at radius 3 is 2.76 bits per heavy atom. The van der Waals surface area contributed by atoms with Gasteiger partial charge in [-0.3, -0.25) is 4.79 Å². The number of oxazole rings is 1. The van der Waals surface area contributed by atoms with Gasteiger partial charge in [0.1, 0.15) is 5.52 Å². The van der Waals surface area contributed by atoms with Crippen LogP contribution >= 0.6 is 23.4 Å². The first kappa shape index (κ1) is 15.3. The van der Waals surface area contributed by atoms with Gasteiger partial charge in [-0.2, -0.15) is 0 Å². The molecule has 1 aromatic carbocycles. The summed E-state index contributed by atoms with van der Waals surface area (Å²) < 4.78 is 11.4. The predicted molar refractivity (Wildman–Crippen MR) is 95.2 cm³/mol. The number of halogens is 1. The number of rotatable bonds is 4. The molecule has 3 fully saturated rings. The molecule has 0 radical (unpaired) electrons. The summed E-state index contributed by atoms with van der Waals surface area (Å²) in [5.74, 6) is 0.959. The van der Waals surface area contributed by atoms with Crippen molar-refractivity contribution in [2.75, 3.05) is 6.26 Å². The number of benzene rings is 1. The summed E-state index contributed by atoms with van der Waals surface area (Å²) in [7, 11) is 0. The van der Waals surface area contributed by atoms with Gasteiger partial charge < -0.3 is 14.2 Å². The third-order valence-corrected chi connectivity index (χ3v) is 6.08. The minimum absolute atomic E-state index is 0.0492. The highest BCUT2D eigenvalue weighted by Gasteiger charge is 2.71. The summed E-state index contributed by atoms with van der Waals surface area (Å²) in [5, 5.41) is 4.51. The molecule has 0 aliphatic heterocycles. The standard InChI is InChI=1S/C18H15ClN2O3S/c1-25-14-5-4-13(23-14)15(22)21-18-7-17(8-18,9-18)16-20-11-6-10(19)2-3-12(11)24-16/h2-6H,7-9H2,1H3,(H,21,22). The molecule has 3 aliphatic rings. The molecule has 0 unspecified atom stereocenters. The minimum atomic E-state index is -0.155. The molecular formula is C18H15ClN2O3S. The number of fused-ring (bicyclic) bond motifs is 1. The molecule has 5 nitrogen and oxygen atoms in total. The Balaban J connectivity index is 1.30. The van der Waals surface area contributed by atoms with Crippen LogP contribution in [0.15, 0.2) is 44.3 Å². The van der Waals surface area contributed by atoms with Crippen LogP contribution in [0.4, 0.5) is 0 Å². The van der Waals surface area contributed by atoms with Gasteiger partial charge >= 0.3 is 0 Å². The zero-order chi connectivity index (χ0) is 17.2. The first-order valence-electron chi connectivity index (χ1n) is 8.04. The number of carbonyl (C=O) groups excluding carboxylic acids is 1. The molecule has 0 atom stereocenters. The van der Waals surface area contributed by atoms with Crippen molar-refractivity contribution in [2.45, 2.75) is 35.3 Å². The van der Waals surface area contributed by atoms with E-state index in [2.05, 4.69) is 10.3 Å². The van der Waals surface area contributed by atoms with Crippen LogP contribution in [-0.2, 0) is 5.41 Å². The lowest BCUT2D eigenvalue weighted by Crippen LogP contribution is -2.76. The number of carbonyl (C=O) groups is 1. The van der Waals surface area contributed by atoms with Crippen molar-refractivity contribution < 1.29 is 13.6 Å². The second-order valence-electron chi connectivity index (χ2n) is 7.00. The second kappa shape index (κ2) is 5.05. The van der Waals surface area contributed by atoms with Gasteiger partial charge in [0, 0.05) is 10.6 Å². The minimum Gasteiger partial charge on any atom is -0.445 e. The molecule has 2 aromatic heterocycles. The predicted octanol–water partition coefficient (Wildman–Crippen LogP) is 4.40. The molecule has 6 rings (SSSR count). The number of thioether (sulfide) groups is 1. The van der Waals surface area contributed by atoms with E-state index in [0.29, 0.717) is 10.8 Å². The lowest BCUT2D eigenvalue weighted by atomic mass is 9.39. The summed E-state index contributed by atoms with van der Waals surface area (Å²) in [5.41, 5.74) is 1.33. The van der Waals surface area contributed by atoms with Crippen molar-refractivity contribution in [3.63, 3.8) is 0 Å². The van der Waals surface area contributed by atoms with E-state index in [1.54, 1.807) is 12.1 Å². The molecule has 128 valence electrons. The smallest absolute Gasteiger partial charge is 0.287 e. The molecule has 0 saturated heterocycles. The van der Waals surface area contributed by atoms with Crippen LogP contribution in [0.1, 0.15) is 35.7 Å². The van der Waals surface area contributed by atoms with Gasteiger partial charge in [0.25, 0.3) is 5.91 Å². The zero-order valence-electron chi connectivity index (χ0n) is 13.5. The van der Waals surface area contributed by atoms with E-state index < -0.39 is 0 Å². The Morgan fingerprint density at radius 2 is 2.04 bits per heavy atom. The highest BCUT2D eigenvalue weighted by Crippen LogP contribution is 2.67. The highest BCUT2D eigenvalue weighted by molar-refractivity contribution is 7.98. The molecule has 3 aromatic rings. The Bertz CT molecular complexity index is 989. The summed E-state index contributed by atoms with van der Waals surface area (Å²) in [6.45, 7) is 0. The third-order valence-electron chi connectivity index (χ3n) is 5.22. The van der Waals surface area contributed by atoms with Crippen molar-refractivity contribution in [1.29, 1.82) is 0 Å². The van der Waals surface area contributed by atoms with E-state index in [-0.39, 0.29) is 16.9 Å². The number of aromatic nitrogens is 1. The fourth-order valence-corrected chi connectivity index (χ4v) is 4.67. The van der Waals surface area contributed by atoms with Crippen LogP contribution in [0.3, 0.4) is 0 Å². The summed E-state index contributed by atoms with van der Waals surface area (Å²) in [6, 6.07) is 8.98. The quantitative estimate of drug-likeness (QED) is 0.685. The second-order valence-corrected chi connectivity index (χ2v) is 8.25. The van der Waals surface area contributed by atoms with Gasteiger partial charge in [-0.05, 0) is 55.9 Å². The summed E-state index contributed by atoms with van der Waals surface area (Å²) >= 11 is 7.49. The van der Waals surface area contributed by atoms with Gasteiger partial charge in [0.15, 0.2) is 16.4 Å². The number of nitrogens with zero attached hydrogens (tertiary/aromatic N) is 1. The number of hydrogen-bond donors (Lipinski definition) is 1. The molecule has 1 N–H and O–H groups in total. The van der Waals surface area contributed by atoms with E-state index >= 15 is 0 Å². The lowest BCUT2D eigenvalue weighted by Gasteiger charge is -2.68. The SMILES string of the molecule is CSc1ccc(C(=O)NC23CC(c4nc5cc(Cl)ccc5o4)(C2)C3)o1. The van der Waals surface area contributed by atoms with E-state index in [0.717, 1.165) is 41.3 Å². The van der Waals surface area contributed by atoms with Crippen LogP contribution in [-0.4, -0.2) is 22.7 Å². The largest absolute Gasteiger partial charge is 0.445 e. The summed E-state index contributed by atoms with van der Waals surface area (Å²) in [6.07, 6.45) is 4.46. The van der Waals surface area contributed by atoms with Crippen molar-refractivity contribution in [1.82, 2.24) is 10.3 Å². The Hall–Kier alpha value is -1.92. The maximum absolute atomic E-state index is 12.4. The molecule has 3 aliphatic carbocycles. The van der Waals surface area contributed by atoms with Crippen LogP contribution in [0.5, 0.6) is 0 Å². The van der Waals surface area contributed by atoms with Gasteiger partial charge in [-0.15, -0.1) is 0 Å². The van der Waals surface area contributed by atoms with E-state index in [1.165, 1.54) is 11.8 Å². The van der Waals surface area contributed by atoms with Crippen molar-refractivity contribution in [2.24, 2.45) is 0 Å². The van der Waals surface area contributed by atoms with E-state index in [4.69, 9.17) is 20.4 Å². The molecule has 7 heteroatoms. The average molecular weight is 375 g/mol. The number of furan rings is 1. The number of amides is 1. The molecule has 2 bridgehead atoms. The van der Waals surface area contributed by atoms with Gasteiger partial charge in [0.2, 0.25) is 5.89 Å². The van der Waals surface area contributed by atoms with Gasteiger partial charge in [-0.25, -0.2) is 4.98 Å². The van der Waals surface area contributed by atoms with Crippen LogP contribution < -0.4 is 5.32 Å². The van der Waals surface area contributed by atoms with Crippen molar-refractivity contribution >= 4 is 40.4 Å². The van der Waals surface area contributed by atoms with Crippen molar-refractivity contribution in [3.05, 3.63) is 47.0 Å². The van der Waals surface area contributed by atoms with Crippen LogP contribution in [0.25, 0.3) is 11.1 Å². The molecular weight excluding hydrogens is 360 g/mol. The Morgan fingerprint density at radius 1 is 1.24 bits per heavy atom. The topological polar surface area (TPSA) is 68.3 Å². The third kappa shape index (κ3) is 2.24.